The highest BCUT2D eigenvalue weighted by Gasteiger charge is 2.39. The van der Waals surface area contributed by atoms with E-state index in [9.17, 15) is 22.3 Å². The van der Waals surface area contributed by atoms with Crippen molar-refractivity contribution in [3.05, 3.63) is 102 Å². The van der Waals surface area contributed by atoms with E-state index in [1.807, 2.05) is 42.5 Å². The molecule has 9 nitrogen and oxygen atoms in total. The Morgan fingerprint density at radius 1 is 1.00 bits per heavy atom. The fourth-order valence-corrected chi connectivity index (χ4v) is 6.99. The van der Waals surface area contributed by atoms with Crippen LogP contribution in [0, 0.1) is 0 Å². The van der Waals surface area contributed by atoms with Crippen LogP contribution in [0.4, 0.5) is 11.4 Å². The molecule has 0 aromatic heterocycles. The second-order valence-corrected chi connectivity index (χ2v) is 18.4. The SMILES string of the molecule is C[Si](C)(C)CCN1C(O)=CN(c2ccc(Cc3ccccc3NS(=O)[O-])cc2OCc2ccccc2)S1(=O)=O. The largest absolute Gasteiger partial charge is 0.755 e. The highest BCUT2D eigenvalue weighted by atomic mass is 32.2. The van der Waals surface area contributed by atoms with Gasteiger partial charge in [-0.25, -0.2) is 8.61 Å². The van der Waals surface area contributed by atoms with Gasteiger partial charge in [0.1, 0.15) is 18.0 Å². The molecule has 208 valence electrons. The summed E-state index contributed by atoms with van der Waals surface area (Å²) in [5.74, 6) is -0.0224. The molecule has 0 saturated heterocycles. The highest BCUT2D eigenvalue weighted by Crippen LogP contribution is 2.38. The lowest BCUT2D eigenvalue weighted by Gasteiger charge is -2.25. The Balaban J connectivity index is 1.68. The van der Waals surface area contributed by atoms with E-state index >= 15 is 0 Å². The van der Waals surface area contributed by atoms with Gasteiger partial charge in [-0.3, -0.25) is 4.21 Å². The van der Waals surface area contributed by atoms with Crippen LogP contribution in [0.1, 0.15) is 16.7 Å². The second kappa shape index (κ2) is 11.8. The number of aliphatic hydroxyl groups excluding tert-OH is 1. The first-order valence-electron chi connectivity index (χ1n) is 12.4. The number of nitrogens with zero attached hydrogens (tertiary/aromatic N) is 2. The second-order valence-electron chi connectivity index (χ2n) is 10.4. The van der Waals surface area contributed by atoms with Crippen molar-refractivity contribution in [3.63, 3.8) is 0 Å². The maximum atomic E-state index is 13.5. The average molecular weight is 587 g/mol. The lowest BCUT2D eigenvalue weighted by molar-refractivity contribution is 0.294. The molecular formula is C27H32N3O6S2Si-. The van der Waals surface area contributed by atoms with Crippen LogP contribution in [0.3, 0.4) is 0 Å². The van der Waals surface area contributed by atoms with Crippen LogP contribution in [0.5, 0.6) is 5.75 Å². The zero-order chi connectivity index (χ0) is 28.2. The van der Waals surface area contributed by atoms with Gasteiger partial charge in [0, 0.05) is 31.6 Å². The van der Waals surface area contributed by atoms with Gasteiger partial charge in [0.2, 0.25) is 5.88 Å². The monoisotopic (exact) mass is 586 g/mol. The van der Waals surface area contributed by atoms with Crippen LogP contribution in [0.2, 0.25) is 25.7 Å². The lowest BCUT2D eigenvalue weighted by Crippen LogP contribution is -2.37. The van der Waals surface area contributed by atoms with Gasteiger partial charge in [-0.15, -0.1) is 0 Å². The molecule has 1 unspecified atom stereocenters. The van der Waals surface area contributed by atoms with Gasteiger partial charge in [-0.2, -0.15) is 8.42 Å². The summed E-state index contributed by atoms with van der Waals surface area (Å²) in [6.45, 7) is 6.83. The van der Waals surface area contributed by atoms with Crippen LogP contribution >= 0.6 is 0 Å². The topological polar surface area (TPSA) is 122 Å². The zero-order valence-corrected chi connectivity index (χ0v) is 24.7. The summed E-state index contributed by atoms with van der Waals surface area (Å²) in [6.07, 6.45) is 1.57. The first kappa shape index (κ1) is 28.7. The number of rotatable bonds is 11. The van der Waals surface area contributed by atoms with E-state index in [4.69, 9.17) is 4.74 Å². The van der Waals surface area contributed by atoms with Crippen molar-refractivity contribution in [2.24, 2.45) is 0 Å². The number of aliphatic hydroxyl groups is 1. The van der Waals surface area contributed by atoms with Gasteiger partial charge in [0.05, 0.1) is 6.20 Å². The molecule has 1 aliphatic heterocycles. The number of nitrogens with one attached hydrogen (secondary N) is 1. The number of hydrogen-bond donors (Lipinski definition) is 2. The molecule has 0 spiro atoms. The molecule has 1 atom stereocenters. The highest BCUT2D eigenvalue weighted by molar-refractivity contribution is 7.91. The summed E-state index contributed by atoms with van der Waals surface area (Å²) >= 11 is -2.47. The number of ether oxygens (including phenoxy) is 1. The standard InChI is InChI=1S/C27H33N3O6S2Si/c1-39(2,3)16-15-29-27(31)19-30(38(29,34)35)25-14-13-22(17-23-11-7-8-12-24(23)28-37(32)33)18-26(25)36-20-21-9-5-4-6-10-21/h4-14,18-19,28,31H,15-17,20H2,1-3H3,(H,32,33)/p-1. The zero-order valence-electron chi connectivity index (χ0n) is 22.0. The van der Waals surface area contributed by atoms with Crippen LogP contribution in [-0.2, 0) is 34.5 Å². The van der Waals surface area contributed by atoms with E-state index in [2.05, 4.69) is 24.4 Å². The minimum atomic E-state index is -4.06. The first-order valence-corrected chi connectivity index (χ1v) is 18.6. The van der Waals surface area contributed by atoms with Crippen LogP contribution in [0.25, 0.3) is 0 Å². The Hall–Kier alpha value is -3.32. The van der Waals surface area contributed by atoms with Crippen molar-refractivity contribution in [1.82, 2.24) is 4.31 Å². The molecule has 0 amide bonds. The summed E-state index contributed by atoms with van der Waals surface area (Å²) in [4.78, 5) is 0. The maximum Gasteiger partial charge on any atom is 0.332 e. The minimum absolute atomic E-state index is 0.194. The summed E-state index contributed by atoms with van der Waals surface area (Å²) in [5, 5.41) is 10.6. The number of para-hydroxylation sites is 1. The Bertz CT molecular complexity index is 1480. The first-order chi connectivity index (χ1) is 18.4. The summed E-state index contributed by atoms with van der Waals surface area (Å²) in [5.41, 5.74) is 3.15. The summed E-state index contributed by atoms with van der Waals surface area (Å²) < 4.78 is 60.1. The van der Waals surface area contributed by atoms with Crippen LogP contribution < -0.4 is 13.8 Å². The van der Waals surface area contributed by atoms with Crippen molar-refractivity contribution < 1.29 is 27.0 Å². The predicted molar refractivity (Wildman–Crippen MR) is 156 cm³/mol. The van der Waals surface area contributed by atoms with Crippen molar-refractivity contribution in [2.75, 3.05) is 15.6 Å². The summed E-state index contributed by atoms with van der Waals surface area (Å²) in [7, 11) is -5.63. The molecule has 0 saturated carbocycles. The third-order valence-electron chi connectivity index (χ3n) is 6.18. The molecular weight excluding hydrogens is 555 g/mol. The van der Waals surface area contributed by atoms with E-state index in [-0.39, 0.29) is 24.7 Å². The van der Waals surface area contributed by atoms with Crippen molar-refractivity contribution in [1.29, 1.82) is 0 Å². The van der Waals surface area contributed by atoms with Crippen molar-refractivity contribution >= 4 is 40.9 Å². The molecule has 0 fully saturated rings. The van der Waals surface area contributed by atoms with Gasteiger partial charge in [-0.1, -0.05) is 74.2 Å². The molecule has 1 aliphatic rings. The fraction of sp³-hybridized carbons (Fsp3) is 0.259. The van der Waals surface area contributed by atoms with Gasteiger partial charge in [0.15, 0.2) is 0 Å². The molecule has 1 heterocycles. The Morgan fingerprint density at radius 2 is 1.69 bits per heavy atom. The Morgan fingerprint density at radius 3 is 2.38 bits per heavy atom. The maximum absolute atomic E-state index is 13.5. The molecule has 0 radical (unpaired) electrons. The minimum Gasteiger partial charge on any atom is -0.755 e. The van der Waals surface area contributed by atoms with Crippen LogP contribution in [-0.4, -0.2) is 41.2 Å². The molecule has 12 heteroatoms. The molecule has 3 aromatic rings. The average Bonchev–Trinajstić information content (AvgIpc) is 3.10. The summed E-state index contributed by atoms with van der Waals surface area (Å²) in [6, 6.07) is 22.4. The van der Waals surface area contributed by atoms with Gasteiger partial charge in [0.25, 0.3) is 0 Å². The van der Waals surface area contributed by atoms with Gasteiger partial charge < -0.3 is 19.1 Å². The van der Waals surface area contributed by atoms with Crippen molar-refractivity contribution in [2.45, 2.75) is 38.7 Å². The smallest absolute Gasteiger partial charge is 0.332 e. The number of hydrogen-bond acceptors (Lipinski definition) is 6. The van der Waals surface area contributed by atoms with Gasteiger partial charge >= 0.3 is 10.2 Å². The quantitative estimate of drug-likeness (QED) is 0.237. The molecule has 0 aliphatic carbocycles. The lowest BCUT2D eigenvalue weighted by atomic mass is 10.0. The normalized spacial score (nSPS) is 15.6. The van der Waals surface area contributed by atoms with Crippen LogP contribution in [0.15, 0.2) is 84.9 Å². The van der Waals surface area contributed by atoms with E-state index in [1.165, 1.54) is 6.20 Å². The number of anilines is 2. The molecule has 4 rings (SSSR count). The van der Waals surface area contributed by atoms with Gasteiger partial charge in [-0.05, 0) is 47.4 Å². The predicted octanol–water partition coefficient (Wildman–Crippen LogP) is 5.12. The van der Waals surface area contributed by atoms with E-state index in [0.29, 0.717) is 23.9 Å². The van der Waals surface area contributed by atoms with Crippen molar-refractivity contribution in [3.8, 4) is 5.75 Å². The third kappa shape index (κ3) is 7.21. The fourth-order valence-electron chi connectivity index (χ4n) is 4.11. The third-order valence-corrected chi connectivity index (χ3v) is 10.0. The molecule has 2 N–H and O–H groups in total. The molecule has 39 heavy (non-hydrogen) atoms. The Labute approximate surface area is 233 Å². The molecule has 0 bridgehead atoms. The Kier molecular flexibility index (Phi) is 8.69. The molecule has 3 aromatic carbocycles. The van der Waals surface area contributed by atoms with E-state index in [0.717, 1.165) is 25.3 Å². The van der Waals surface area contributed by atoms with E-state index < -0.39 is 29.5 Å². The number of benzene rings is 3. The van der Waals surface area contributed by atoms with E-state index in [1.54, 1.807) is 30.3 Å².